The molecule has 2 rings (SSSR count). The molecule has 0 unspecified atom stereocenters. The molecule has 0 nitrogen and oxygen atoms in total. The second kappa shape index (κ2) is 10.9. The Morgan fingerprint density at radius 1 is 0.652 bits per heavy atom. The molecule has 0 bridgehead atoms. The summed E-state index contributed by atoms with van der Waals surface area (Å²) in [6, 6.07) is 9.50. The van der Waals surface area contributed by atoms with Crippen LogP contribution in [-0.4, -0.2) is 0 Å². The molecule has 1 aromatic rings. The molecule has 1 aromatic carbocycles. The van der Waals surface area contributed by atoms with Crippen LogP contribution in [0.15, 0.2) is 24.3 Å². The summed E-state index contributed by atoms with van der Waals surface area (Å²) in [7, 11) is 0. The average Bonchev–Trinajstić information content (AvgIpc) is 2.60. The molecule has 0 amide bonds. The molecule has 0 aromatic heterocycles. The van der Waals surface area contributed by atoms with Crippen molar-refractivity contribution in [1.82, 2.24) is 0 Å². The van der Waals surface area contributed by atoms with E-state index in [0.717, 1.165) is 11.8 Å². The molecule has 0 N–H and O–H groups in total. The highest BCUT2D eigenvalue weighted by atomic mass is 14.3. The Morgan fingerprint density at radius 2 is 1.17 bits per heavy atom. The summed E-state index contributed by atoms with van der Waals surface area (Å²) in [5, 5.41) is 0. The Bertz CT molecular complexity index is 395. The third-order valence-electron chi connectivity index (χ3n) is 5.87. The van der Waals surface area contributed by atoms with Gasteiger partial charge in [0, 0.05) is 0 Å². The fourth-order valence-electron chi connectivity index (χ4n) is 4.12. The van der Waals surface area contributed by atoms with Gasteiger partial charge in [-0.1, -0.05) is 95.9 Å². The fraction of sp³-hybridized carbons (Fsp3) is 0.739. The third-order valence-corrected chi connectivity index (χ3v) is 5.87. The van der Waals surface area contributed by atoms with Gasteiger partial charge in [0.1, 0.15) is 0 Å². The number of hydrogen-bond acceptors (Lipinski definition) is 0. The molecule has 1 aliphatic carbocycles. The van der Waals surface area contributed by atoms with Crippen LogP contribution in [0.5, 0.6) is 0 Å². The van der Waals surface area contributed by atoms with E-state index in [9.17, 15) is 0 Å². The van der Waals surface area contributed by atoms with E-state index < -0.39 is 0 Å². The summed E-state index contributed by atoms with van der Waals surface area (Å²) in [5.41, 5.74) is 3.08. The molecule has 0 radical (unpaired) electrons. The van der Waals surface area contributed by atoms with Gasteiger partial charge in [-0.15, -0.1) is 0 Å². The van der Waals surface area contributed by atoms with Crippen LogP contribution in [0, 0.1) is 11.8 Å². The Labute approximate surface area is 145 Å². The van der Waals surface area contributed by atoms with E-state index in [2.05, 4.69) is 38.1 Å². The highest BCUT2D eigenvalue weighted by molar-refractivity contribution is 5.22. The normalized spacial score (nSPS) is 21.5. The van der Waals surface area contributed by atoms with Gasteiger partial charge in [-0.2, -0.15) is 0 Å². The number of aryl methyl sites for hydroxylation is 2. The van der Waals surface area contributed by atoms with Crippen LogP contribution in [0.2, 0.25) is 0 Å². The standard InChI is InChI=1S/C23H38/c1-3-5-7-9-21-12-16-23(17-13-21)19-18-22-14-10-20(11-15-22)8-6-4-2/h12-13,16-17,20,22H,3-11,14-15,18-19H2,1-2H3/t20-,22-. The van der Waals surface area contributed by atoms with Crippen molar-refractivity contribution in [3.8, 4) is 0 Å². The maximum Gasteiger partial charge on any atom is -0.0276 e. The van der Waals surface area contributed by atoms with Crippen LogP contribution in [0.25, 0.3) is 0 Å². The zero-order chi connectivity index (χ0) is 16.3. The highest BCUT2D eigenvalue weighted by Crippen LogP contribution is 2.34. The molecular weight excluding hydrogens is 276 g/mol. The van der Waals surface area contributed by atoms with Gasteiger partial charge < -0.3 is 0 Å². The Hall–Kier alpha value is -0.780. The number of hydrogen-bond donors (Lipinski definition) is 0. The molecule has 1 fully saturated rings. The highest BCUT2D eigenvalue weighted by Gasteiger charge is 2.20. The smallest absolute Gasteiger partial charge is 0.0276 e. The maximum atomic E-state index is 2.38. The first-order valence-electron chi connectivity index (χ1n) is 10.4. The van der Waals surface area contributed by atoms with Gasteiger partial charge in [-0.05, 0) is 48.6 Å². The summed E-state index contributed by atoms with van der Waals surface area (Å²) < 4.78 is 0. The van der Waals surface area contributed by atoms with E-state index in [1.807, 2.05) is 0 Å². The van der Waals surface area contributed by atoms with Crippen molar-refractivity contribution in [2.24, 2.45) is 11.8 Å². The van der Waals surface area contributed by atoms with Crippen molar-refractivity contribution < 1.29 is 0 Å². The van der Waals surface area contributed by atoms with Gasteiger partial charge in [0.05, 0.1) is 0 Å². The molecule has 130 valence electrons. The van der Waals surface area contributed by atoms with E-state index in [-0.39, 0.29) is 0 Å². The first kappa shape index (κ1) is 18.6. The van der Waals surface area contributed by atoms with Gasteiger partial charge >= 0.3 is 0 Å². The maximum absolute atomic E-state index is 2.38. The minimum absolute atomic E-state index is 0.997. The van der Waals surface area contributed by atoms with Gasteiger partial charge in [0.25, 0.3) is 0 Å². The molecule has 0 spiro atoms. The van der Waals surface area contributed by atoms with E-state index >= 15 is 0 Å². The van der Waals surface area contributed by atoms with Crippen molar-refractivity contribution >= 4 is 0 Å². The largest absolute Gasteiger partial charge is 0.0654 e. The molecule has 0 atom stereocenters. The molecule has 1 aliphatic rings. The van der Waals surface area contributed by atoms with E-state index in [1.165, 1.54) is 89.0 Å². The zero-order valence-electron chi connectivity index (χ0n) is 15.7. The molecular formula is C23H38. The van der Waals surface area contributed by atoms with E-state index in [1.54, 1.807) is 5.56 Å². The molecule has 0 aliphatic heterocycles. The van der Waals surface area contributed by atoms with Crippen LogP contribution in [0.4, 0.5) is 0 Å². The summed E-state index contributed by atoms with van der Waals surface area (Å²) in [6.07, 6.45) is 18.3. The topological polar surface area (TPSA) is 0 Å². The summed E-state index contributed by atoms with van der Waals surface area (Å²) >= 11 is 0. The lowest BCUT2D eigenvalue weighted by molar-refractivity contribution is 0.250. The molecule has 23 heavy (non-hydrogen) atoms. The van der Waals surface area contributed by atoms with Gasteiger partial charge in [0.15, 0.2) is 0 Å². The van der Waals surface area contributed by atoms with Crippen molar-refractivity contribution in [2.75, 3.05) is 0 Å². The van der Waals surface area contributed by atoms with E-state index in [0.29, 0.717) is 0 Å². The SMILES string of the molecule is CCCCCc1ccc(CC[C@H]2CC[C@H](CCCC)CC2)cc1. The Balaban J connectivity index is 1.64. The van der Waals surface area contributed by atoms with Crippen LogP contribution < -0.4 is 0 Å². The van der Waals surface area contributed by atoms with Crippen LogP contribution in [0.1, 0.15) is 95.6 Å². The lowest BCUT2D eigenvalue weighted by Gasteiger charge is -2.28. The Morgan fingerprint density at radius 3 is 1.74 bits per heavy atom. The molecule has 0 heterocycles. The predicted octanol–water partition coefficient (Wildman–Crippen LogP) is 7.35. The summed E-state index contributed by atoms with van der Waals surface area (Å²) in [6.45, 7) is 4.60. The van der Waals surface area contributed by atoms with Crippen LogP contribution in [0.3, 0.4) is 0 Å². The average molecular weight is 315 g/mol. The lowest BCUT2D eigenvalue weighted by Crippen LogP contribution is -2.15. The minimum Gasteiger partial charge on any atom is -0.0654 e. The molecule has 0 saturated heterocycles. The fourth-order valence-corrected chi connectivity index (χ4v) is 4.12. The number of rotatable bonds is 10. The van der Waals surface area contributed by atoms with Crippen molar-refractivity contribution in [3.63, 3.8) is 0 Å². The summed E-state index contributed by atoms with van der Waals surface area (Å²) in [5.74, 6) is 2.05. The number of benzene rings is 1. The quantitative estimate of drug-likeness (QED) is 0.396. The van der Waals surface area contributed by atoms with E-state index in [4.69, 9.17) is 0 Å². The van der Waals surface area contributed by atoms with Crippen molar-refractivity contribution in [3.05, 3.63) is 35.4 Å². The number of unbranched alkanes of at least 4 members (excludes halogenated alkanes) is 3. The predicted molar refractivity (Wildman–Crippen MR) is 103 cm³/mol. The van der Waals surface area contributed by atoms with Gasteiger partial charge in [-0.25, -0.2) is 0 Å². The van der Waals surface area contributed by atoms with Gasteiger partial charge in [0.2, 0.25) is 0 Å². The minimum atomic E-state index is 0.997. The van der Waals surface area contributed by atoms with Crippen LogP contribution >= 0.6 is 0 Å². The first-order valence-corrected chi connectivity index (χ1v) is 10.4. The van der Waals surface area contributed by atoms with Crippen LogP contribution in [-0.2, 0) is 12.8 Å². The summed E-state index contributed by atoms with van der Waals surface area (Å²) in [4.78, 5) is 0. The second-order valence-corrected chi connectivity index (χ2v) is 7.84. The lowest BCUT2D eigenvalue weighted by atomic mass is 9.78. The molecule has 0 heteroatoms. The first-order chi connectivity index (χ1) is 11.3. The van der Waals surface area contributed by atoms with Crippen molar-refractivity contribution in [2.45, 2.75) is 97.3 Å². The second-order valence-electron chi connectivity index (χ2n) is 7.84. The molecule has 1 saturated carbocycles. The Kier molecular flexibility index (Phi) is 8.79. The van der Waals surface area contributed by atoms with Gasteiger partial charge in [-0.3, -0.25) is 0 Å². The third kappa shape index (κ3) is 7.10. The monoisotopic (exact) mass is 314 g/mol. The zero-order valence-corrected chi connectivity index (χ0v) is 15.7. The van der Waals surface area contributed by atoms with Crippen molar-refractivity contribution in [1.29, 1.82) is 0 Å².